The summed E-state index contributed by atoms with van der Waals surface area (Å²) in [6.07, 6.45) is 3.20. The van der Waals surface area contributed by atoms with Crippen molar-refractivity contribution in [1.82, 2.24) is 9.80 Å². The topological polar surface area (TPSA) is 86.9 Å². The molecule has 0 radical (unpaired) electrons. The van der Waals surface area contributed by atoms with Crippen LogP contribution in [0.4, 0.5) is 0 Å². The predicted molar refractivity (Wildman–Crippen MR) is 74.8 cm³/mol. The van der Waals surface area contributed by atoms with Gasteiger partial charge in [-0.25, -0.2) is 0 Å². The van der Waals surface area contributed by atoms with Crippen molar-refractivity contribution in [2.24, 2.45) is 11.7 Å². The highest BCUT2D eigenvalue weighted by molar-refractivity contribution is 5.85. The van der Waals surface area contributed by atoms with Gasteiger partial charge in [0.05, 0.1) is 13.1 Å². The van der Waals surface area contributed by atoms with Crippen LogP contribution in [-0.4, -0.2) is 65.0 Å². The summed E-state index contributed by atoms with van der Waals surface area (Å²) >= 11 is 0. The van der Waals surface area contributed by atoms with Crippen LogP contribution >= 0.6 is 0 Å². The van der Waals surface area contributed by atoms with Crippen LogP contribution in [0.2, 0.25) is 0 Å². The molecule has 2 aliphatic heterocycles. The fourth-order valence-electron chi connectivity index (χ4n) is 2.96. The monoisotopic (exact) mass is 283 g/mol. The molecular weight excluding hydrogens is 258 g/mol. The van der Waals surface area contributed by atoms with Crippen molar-refractivity contribution in [3.63, 3.8) is 0 Å². The summed E-state index contributed by atoms with van der Waals surface area (Å²) in [6.45, 7) is 5.13. The van der Waals surface area contributed by atoms with E-state index in [-0.39, 0.29) is 12.5 Å². The first kappa shape index (κ1) is 15.3. The van der Waals surface area contributed by atoms with Crippen LogP contribution < -0.4 is 5.73 Å². The molecule has 3 N–H and O–H groups in total. The molecule has 0 aliphatic carbocycles. The van der Waals surface area contributed by atoms with Gasteiger partial charge >= 0.3 is 0 Å². The molecule has 2 heterocycles. The van der Waals surface area contributed by atoms with Gasteiger partial charge in [0, 0.05) is 6.54 Å². The summed E-state index contributed by atoms with van der Waals surface area (Å²) in [7, 11) is 0. The molecular formula is C14H25N3O3. The molecule has 0 bridgehead atoms. The van der Waals surface area contributed by atoms with E-state index < -0.39 is 11.5 Å². The van der Waals surface area contributed by atoms with Gasteiger partial charge in [-0.1, -0.05) is 6.92 Å². The quantitative estimate of drug-likeness (QED) is 0.735. The number of nitrogens with two attached hydrogens (primary N) is 1. The highest BCUT2D eigenvalue weighted by atomic mass is 16.3. The lowest BCUT2D eigenvalue weighted by atomic mass is 9.92. The third-order valence-electron chi connectivity index (χ3n) is 4.52. The molecule has 0 aromatic carbocycles. The second-order valence-electron chi connectivity index (χ2n) is 6.27. The Kier molecular flexibility index (Phi) is 4.65. The highest BCUT2D eigenvalue weighted by Crippen LogP contribution is 2.21. The number of aliphatic hydroxyl groups is 1. The average molecular weight is 283 g/mol. The van der Waals surface area contributed by atoms with Crippen molar-refractivity contribution in [2.45, 2.75) is 38.2 Å². The Bertz CT molecular complexity index is 380. The first-order chi connectivity index (χ1) is 9.40. The number of carbonyl (C=O) groups is 2. The van der Waals surface area contributed by atoms with E-state index >= 15 is 0 Å². The van der Waals surface area contributed by atoms with Crippen LogP contribution in [-0.2, 0) is 9.59 Å². The van der Waals surface area contributed by atoms with E-state index in [2.05, 4.69) is 11.8 Å². The highest BCUT2D eigenvalue weighted by Gasteiger charge is 2.40. The molecule has 114 valence electrons. The lowest BCUT2D eigenvalue weighted by Gasteiger charge is -2.38. The van der Waals surface area contributed by atoms with Gasteiger partial charge in [0.25, 0.3) is 5.91 Å². The minimum atomic E-state index is -1.55. The number of rotatable bonds is 3. The van der Waals surface area contributed by atoms with Crippen molar-refractivity contribution >= 4 is 11.8 Å². The first-order valence-corrected chi connectivity index (χ1v) is 7.43. The summed E-state index contributed by atoms with van der Waals surface area (Å²) < 4.78 is 0. The van der Waals surface area contributed by atoms with Crippen molar-refractivity contribution in [1.29, 1.82) is 0 Å². The van der Waals surface area contributed by atoms with Crippen LogP contribution in [0.3, 0.4) is 0 Å². The van der Waals surface area contributed by atoms with Crippen molar-refractivity contribution in [2.75, 3.05) is 32.7 Å². The van der Waals surface area contributed by atoms with Gasteiger partial charge < -0.3 is 15.7 Å². The minimum absolute atomic E-state index is 0.0149. The lowest BCUT2D eigenvalue weighted by molar-refractivity contribution is -0.149. The number of hydrogen-bond donors (Lipinski definition) is 2. The van der Waals surface area contributed by atoms with E-state index in [4.69, 9.17) is 5.73 Å². The van der Waals surface area contributed by atoms with Gasteiger partial charge in [-0.15, -0.1) is 0 Å². The maximum absolute atomic E-state index is 12.3. The van der Waals surface area contributed by atoms with Gasteiger partial charge in [0.1, 0.15) is 0 Å². The molecule has 6 nitrogen and oxygen atoms in total. The lowest BCUT2D eigenvalue weighted by Crippen LogP contribution is -2.58. The Morgan fingerprint density at radius 2 is 1.95 bits per heavy atom. The number of β-amino-alcohol motifs (C(OH)–C–C–N with tert-alkyl or cyclic N) is 1. The summed E-state index contributed by atoms with van der Waals surface area (Å²) in [4.78, 5) is 27.3. The van der Waals surface area contributed by atoms with E-state index in [9.17, 15) is 14.7 Å². The molecule has 0 aromatic rings. The molecule has 20 heavy (non-hydrogen) atoms. The number of likely N-dealkylation sites (tertiary alicyclic amines) is 2. The Balaban J connectivity index is 1.87. The van der Waals surface area contributed by atoms with Gasteiger partial charge in [-0.05, 0) is 44.7 Å². The molecule has 6 heteroatoms. The van der Waals surface area contributed by atoms with Crippen molar-refractivity contribution in [3.05, 3.63) is 0 Å². The molecule has 2 aliphatic rings. The second-order valence-corrected chi connectivity index (χ2v) is 6.27. The maximum Gasteiger partial charge on any atom is 0.251 e. The van der Waals surface area contributed by atoms with Gasteiger partial charge in [0.2, 0.25) is 5.91 Å². The summed E-state index contributed by atoms with van der Waals surface area (Å²) in [5.41, 5.74) is 3.67. The largest absolute Gasteiger partial charge is 0.378 e. The van der Waals surface area contributed by atoms with Crippen molar-refractivity contribution in [3.8, 4) is 0 Å². The van der Waals surface area contributed by atoms with E-state index in [1.165, 1.54) is 0 Å². The Morgan fingerprint density at radius 3 is 2.55 bits per heavy atom. The number of amides is 2. The zero-order chi connectivity index (χ0) is 14.8. The molecule has 0 spiro atoms. The molecule has 0 aromatic heterocycles. The van der Waals surface area contributed by atoms with E-state index in [1.54, 1.807) is 4.90 Å². The van der Waals surface area contributed by atoms with E-state index in [0.29, 0.717) is 25.9 Å². The van der Waals surface area contributed by atoms with Gasteiger partial charge in [-0.2, -0.15) is 0 Å². The third kappa shape index (κ3) is 3.49. The predicted octanol–water partition coefficient (Wildman–Crippen LogP) is -0.443. The molecule has 1 atom stereocenters. The van der Waals surface area contributed by atoms with Gasteiger partial charge in [0.15, 0.2) is 5.60 Å². The van der Waals surface area contributed by atoms with Crippen LogP contribution in [0.25, 0.3) is 0 Å². The van der Waals surface area contributed by atoms with E-state index in [0.717, 1.165) is 31.8 Å². The van der Waals surface area contributed by atoms with Gasteiger partial charge in [-0.3, -0.25) is 14.5 Å². The van der Waals surface area contributed by atoms with Crippen LogP contribution in [0.5, 0.6) is 0 Å². The molecule has 1 unspecified atom stereocenters. The standard InChI is InChI=1S/C14H25N3O3/c1-11-3-7-16(8-4-11)9-12(18)17-6-2-5-14(20,10-17)13(15)19/h11,20H,2-10H2,1H3,(H2,15,19). The summed E-state index contributed by atoms with van der Waals surface area (Å²) in [6, 6.07) is 0. The summed E-state index contributed by atoms with van der Waals surface area (Å²) in [5, 5.41) is 10.1. The minimum Gasteiger partial charge on any atom is -0.378 e. The number of primary amides is 1. The smallest absolute Gasteiger partial charge is 0.251 e. The zero-order valence-corrected chi connectivity index (χ0v) is 12.2. The van der Waals surface area contributed by atoms with Crippen LogP contribution in [0, 0.1) is 5.92 Å². The third-order valence-corrected chi connectivity index (χ3v) is 4.52. The zero-order valence-electron chi connectivity index (χ0n) is 12.2. The summed E-state index contributed by atoms with van der Waals surface area (Å²) in [5.74, 6) is -0.0167. The maximum atomic E-state index is 12.3. The van der Waals surface area contributed by atoms with E-state index in [1.807, 2.05) is 0 Å². The number of hydrogen-bond acceptors (Lipinski definition) is 4. The number of carbonyl (C=O) groups excluding carboxylic acids is 2. The molecule has 2 rings (SSSR count). The normalized spacial score (nSPS) is 29.4. The number of piperidine rings is 2. The fourth-order valence-corrected chi connectivity index (χ4v) is 2.96. The molecule has 0 saturated carbocycles. The Hall–Kier alpha value is -1.14. The number of nitrogens with zero attached hydrogens (tertiary/aromatic N) is 2. The van der Waals surface area contributed by atoms with Crippen LogP contribution in [0.15, 0.2) is 0 Å². The molecule has 2 amide bonds. The van der Waals surface area contributed by atoms with Crippen LogP contribution in [0.1, 0.15) is 32.6 Å². The Morgan fingerprint density at radius 1 is 1.30 bits per heavy atom. The molecule has 2 saturated heterocycles. The first-order valence-electron chi connectivity index (χ1n) is 7.43. The second kappa shape index (κ2) is 6.10. The average Bonchev–Trinajstić information content (AvgIpc) is 2.41. The molecule has 2 fully saturated rings. The Labute approximate surface area is 119 Å². The van der Waals surface area contributed by atoms with Crippen molar-refractivity contribution < 1.29 is 14.7 Å². The SMILES string of the molecule is CC1CCN(CC(=O)N2CCCC(O)(C(N)=O)C2)CC1. The fraction of sp³-hybridized carbons (Fsp3) is 0.857.